The number of benzene rings is 2. The van der Waals surface area contributed by atoms with E-state index >= 15 is 0 Å². The topological polar surface area (TPSA) is 118 Å². The highest BCUT2D eigenvalue weighted by molar-refractivity contribution is 7.92. The lowest BCUT2D eigenvalue weighted by Crippen LogP contribution is -2.35. The van der Waals surface area contributed by atoms with Crippen LogP contribution in [0.3, 0.4) is 0 Å². The Labute approximate surface area is 223 Å². The van der Waals surface area contributed by atoms with Gasteiger partial charge in [0.05, 0.1) is 16.8 Å². The predicted octanol–water partition coefficient (Wildman–Crippen LogP) is 4.78. The Hall–Kier alpha value is -4.23. The van der Waals surface area contributed by atoms with Crippen molar-refractivity contribution in [1.82, 2.24) is 24.2 Å². The van der Waals surface area contributed by atoms with Gasteiger partial charge in [-0.25, -0.2) is 18.5 Å². The van der Waals surface area contributed by atoms with Crippen molar-refractivity contribution in [2.45, 2.75) is 12.1 Å². The van der Waals surface area contributed by atoms with Gasteiger partial charge in [0.1, 0.15) is 17.8 Å². The fourth-order valence-corrected chi connectivity index (χ4v) is 5.20. The number of anilines is 1. The minimum atomic E-state index is -5.04. The van der Waals surface area contributed by atoms with E-state index in [0.717, 1.165) is 30.9 Å². The molecule has 0 bridgehead atoms. The van der Waals surface area contributed by atoms with E-state index in [1.165, 1.54) is 24.5 Å². The number of fused-ring (bicyclic) bond motifs is 1. The van der Waals surface area contributed by atoms with Crippen molar-refractivity contribution in [2.75, 3.05) is 19.8 Å². The molecule has 3 N–H and O–H groups in total. The molecule has 2 aromatic heterocycles. The molecular formula is C26H26F3N7O2S. The number of nitrogens with zero attached hydrogens (tertiary/aromatic N) is 5. The Morgan fingerprint density at radius 1 is 1.13 bits per heavy atom. The standard InChI is InChI=1S/C26H26F3N7O2S/c1-5-20(37)31-14-16-6-8-18(9-7-16)23-21(22-24(30)32-15-33-25(22)36(23)4)17-10-12-19(13-11-17)34-39(38,35(2)3)26(27,28)29/h5-13,15H,1,14H2,2-4H3,(H,31,37)(H2,30,32,33). The maximum absolute atomic E-state index is 13.5. The molecule has 4 aromatic rings. The molecule has 0 fully saturated rings. The highest BCUT2D eigenvalue weighted by Gasteiger charge is 2.45. The molecule has 39 heavy (non-hydrogen) atoms. The summed E-state index contributed by atoms with van der Waals surface area (Å²) >= 11 is 0. The lowest BCUT2D eigenvalue weighted by atomic mass is 9.98. The Morgan fingerprint density at radius 3 is 2.31 bits per heavy atom. The molecule has 0 radical (unpaired) electrons. The molecule has 1 unspecified atom stereocenters. The van der Waals surface area contributed by atoms with E-state index in [1.54, 1.807) is 12.1 Å². The Kier molecular flexibility index (Phi) is 7.48. The van der Waals surface area contributed by atoms with Crippen LogP contribution in [0, 0.1) is 0 Å². The van der Waals surface area contributed by atoms with E-state index in [1.807, 2.05) is 35.9 Å². The molecule has 0 saturated carbocycles. The fraction of sp³-hybridized carbons (Fsp3) is 0.192. The first-order chi connectivity index (χ1) is 18.4. The summed E-state index contributed by atoms with van der Waals surface area (Å²) in [5, 5.41) is 3.30. The minimum Gasteiger partial charge on any atom is -0.383 e. The molecule has 2 aromatic carbocycles. The molecule has 204 valence electrons. The van der Waals surface area contributed by atoms with Gasteiger partial charge in [0.15, 0.2) is 0 Å². The molecule has 0 aliphatic carbocycles. The van der Waals surface area contributed by atoms with Crippen LogP contribution in [0.2, 0.25) is 0 Å². The molecular weight excluding hydrogens is 531 g/mol. The monoisotopic (exact) mass is 557 g/mol. The number of amides is 1. The number of carbonyl (C=O) groups excluding carboxylic acids is 1. The first kappa shape index (κ1) is 27.8. The summed E-state index contributed by atoms with van der Waals surface area (Å²) in [5.41, 5.74) is 5.42. The summed E-state index contributed by atoms with van der Waals surface area (Å²) in [6.45, 7) is 3.76. The second kappa shape index (κ2) is 10.5. The van der Waals surface area contributed by atoms with E-state index in [9.17, 15) is 22.2 Å². The Balaban J connectivity index is 1.84. The van der Waals surface area contributed by atoms with Crippen LogP contribution >= 0.6 is 0 Å². The fourth-order valence-electron chi connectivity index (χ4n) is 4.11. The first-order valence-corrected chi connectivity index (χ1v) is 13.0. The number of aryl methyl sites for hydroxylation is 1. The third kappa shape index (κ3) is 5.22. The van der Waals surface area contributed by atoms with Gasteiger partial charge in [-0.15, -0.1) is 0 Å². The van der Waals surface area contributed by atoms with Crippen LogP contribution in [-0.4, -0.2) is 48.6 Å². The van der Waals surface area contributed by atoms with Crippen LogP contribution in [0.15, 0.2) is 71.9 Å². The number of alkyl halides is 3. The van der Waals surface area contributed by atoms with Crippen LogP contribution in [0.5, 0.6) is 0 Å². The van der Waals surface area contributed by atoms with E-state index in [-0.39, 0.29) is 17.4 Å². The van der Waals surface area contributed by atoms with Gasteiger partial charge in [0.2, 0.25) is 15.8 Å². The molecule has 1 atom stereocenters. The van der Waals surface area contributed by atoms with Crippen molar-refractivity contribution in [3.05, 3.63) is 73.1 Å². The molecule has 0 saturated heterocycles. The number of carbonyl (C=O) groups is 1. The summed E-state index contributed by atoms with van der Waals surface area (Å²) in [7, 11) is -0.716. The van der Waals surface area contributed by atoms with Gasteiger partial charge in [-0.3, -0.25) is 4.79 Å². The smallest absolute Gasteiger partial charge is 0.383 e. The maximum Gasteiger partial charge on any atom is 0.493 e. The van der Waals surface area contributed by atoms with E-state index in [0.29, 0.717) is 33.0 Å². The lowest BCUT2D eigenvalue weighted by molar-refractivity contribution is -0.116. The summed E-state index contributed by atoms with van der Waals surface area (Å²) in [6.07, 6.45) is 2.55. The number of nitrogen functional groups attached to an aromatic ring is 1. The molecule has 4 rings (SSSR count). The number of aromatic nitrogens is 3. The molecule has 0 aliphatic heterocycles. The average molecular weight is 558 g/mol. The summed E-state index contributed by atoms with van der Waals surface area (Å²) < 4.78 is 59.1. The molecule has 0 aliphatic rings. The Bertz CT molecular complexity index is 1670. The number of rotatable bonds is 7. The van der Waals surface area contributed by atoms with Crippen LogP contribution < -0.4 is 11.1 Å². The second-order valence-electron chi connectivity index (χ2n) is 8.75. The molecule has 0 spiro atoms. The quantitative estimate of drug-likeness (QED) is 0.317. The van der Waals surface area contributed by atoms with E-state index in [2.05, 4.69) is 26.2 Å². The van der Waals surface area contributed by atoms with Crippen LogP contribution in [0.4, 0.5) is 24.7 Å². The van der Waals surface area contributed by atoms with Crippen LogP contribution in [0.25, 0.3) is 33.4 Å². The zero-order valence-corrected chi connectivity index (χ0v) is 22.2. The highest BCUT2D eigenvalue weighted by Crippen LogP contribution is 2.42. The third-order valence-corrected chi connectivity index (χ3v) is 8.11. The predicted molar refractivity (Wildman–Crippen MR) is 146 cm³/mol. The van der Waals surface area contributed by atoms with Crippen molar-refractivity contribution >= 4 is 38.4 Å². The zero-order chi connectivity index (χ0) is 28.5. The number of halogens is 3. The number of hydrogen-bond donors (Lipinski definition) is 2. The van der Waals surface area contributed by atoms with E-state index in [4.69, 9.17) is 5.73 Å². The number of hydrogen-bond acceptors (Lipinski definition) is 6. The van der Waals surface area contributed by atoms with Gasteiger partial charge in [0.25, 0.3) is 0 Å². The molecule has 1 amide bonds. The number of nitrogens with one attached hydrogen (secondary N) is 1. The summed E-state index contributed by atoms with van der Waals surface area (Å²) in [6, 6.07) is 13.4. The molecule has 13 heteroatoms. The van der Waals surface area contributed by atoms with Crippen molar-refractivity contribution in [3.8, 4) is 22.4 Å². The van der Waals surface area contributed by atoms with E-state index < -0.39 is 15.4 Å². The first-order valence-electron chi connectivity index (χ1n) is 11.6. The third-order valence-electron chi connectivity index (χ3n) is 6.06. The summed E-state index contributed by atoms with van der Waals surface area (Å²) in [5.74, 6) is -0.0435. The molecule has 9 nitrogen and oxygen atoms in total. The van der Waals surface area contributed by atoms with Crippen molar-refractivity contribution < 1.29 is 22.2 Å². The lowest BCUT2D eigenvalue weighted by Gasteiger charge is -2.19. The van der Waals surface area contributed by atoms with Crippen molar-refractivity contribution in [3.63, 3.8) is 0 Å². The minimum absolute atomic E-state index is 0.0910. The largest absolute Gasteiger partial charge is 0.493 e. The van der Waals surface area contributed by atoms with Crippen LogP contribution in [0.1, 0.15) is 5.56 Å². The Morgan fingerprint density at radius 2 is 1.74 bits per heavy atom. The van der Waals surface area contributed by atoms with Crippen LogP contribution in [-0.2, 0) is 28.3 Å². The highest BCUT2D eigenvalue weighted by atomic mass is 32.2. The van der Waals surface area contributed by atoms with Gasteiger partial charge in [0, 0.05) is 33.3 Å². The maximum atomic E-state index is 13.5. The van der Waals surface area contributed by atoms with Gasteiger partial charge < -0.3 is 15.6 Å². The van der Waals surface area contributed by atoms with Gasteiger partial charge in [-0.1, -0.05) is 43.0 Å². The van der Waals surface area contributed by atoms with Crippen molar-refractivity contribution in [2.24, 2.45) is 11.4 Å². The van der Waals surface area contributed by atoms with Gasteiger partial charge in [-0.2, -0.15) is 17.5 Å². The number of nitrogens with two attached hydrogens (primary N) is 1. The molecule has 2 heterocycles. The summed E-state index contributed by atoms with van der Waals surface area (Å²) in [4.78, 5) is 20.0. The van der Waals surface area contributed by atoms with Gasteiger partial charge >= 0.3 is 5.51 Å². The SMILES string of the molecule is C=CC(=O)NCc1ccc(-c2c(-c3ccc(N=S(=O)(N(C)C)C(F)(F)F)cc3)c3c(N)ncnc3n2C)cc1. The second-order valence-corrected chi connectivity index (χ2v) is 11.1. The van der Waals surface area contributed by atoms with Gasteiger partial charge in [-0.05, 0) is 34.9 Å². The normalized spacial score (nSPS) is 13.3. The average Bonchev–Trinajstić information content (AvgIpc) is 3.20. The zero-order valence-electron chi connectivity index (χ0n) is 21.4. The van der Waals surface area contributed by atoms with Crippen molar-refractivity contribution in [1.29, 1.82) is 0 Å².